The molecule has 0 amide bonds. The zero-order valence-corrected chi connectivity index (χ0v) is 30.3. The van der Waals surface area contributed by atoms with Crippen LogP contribution in [0.1, 0.15) is 88.5 Å². The van der Waals surface area contributed by atoms with Gasteiger partial charge in [-0.05, 0) is 45.1 Å². The van der Waals surface area contributed by atoms with E-state index >= 15 is 0 Å². The molecule has 270 valence electrons. The number of allylic oxidation sites excluding steroid dienone is 5. The fourth-order valence-electron chi connectivity index (χ4n) is 6.75. The van der Waals surface area contributed by atoms with Gasteiger partial charge in [-0.1, -0.05) is 83.9 Å². The average Bonchev–Trinajstić information content (AvgIpc) is 3.00. The number of aliphatic carboxylic acids is 1. The number of carboxylic acids is 1. The predicted molar refractivity (Wildman–Crippen MR) is 183 cm³/mol. The van der Waals surface area contributed by atoms with E-state index in [9.17, 15) is 29.7 Å². The Hall–Kier alpha value is -3.05. The van der Waals surface area contributed by atoms with E-state index in [4.69, 9.17) is 19.3 Å². The van der Waals surface area contributed by atoms with Gasteiger partial charge in [0.25, 0.3) is 0 Å². The molecule has 0 saturated carbocycles. The molecule has 0 aromatic carbocycles. The van der Waals surface area contributed by atoms with Gasteiger partial charge >= 0.3 is 17.9 Å². The molecule has 4 N–H and O–H groups in total. The van der Waals surface area contributed by atoms with E-state index in [0.29, 0.717) is 24.5 Å². The Labute approximate surface area is 286 Å². The fourth-order valence-corrected chi connectivity index (χ4v) is 6.75. The summed E-state index contributed by atoms with van der Waals surface area (Å²) in [5.41, 5.74) is 2.28. The summed E-state index contributed by atoms with van der Waals surface area (Å²) in [6.07, 6.45) is 7.87. The van der Waals surface area contributed by atoms with Gasteiger partial charge in [0.1, 0.15) is 12.2 Å². The Bertz CT molecular complexity index is 1280. The molecule has 0 radical (unpaired) electrons. The molecule has 11 unspecified atom stereocenters. The molecule has 0 spiro atoms. The van der Waals surface area contributed by atoms with Crippen LogP contribution in [0.3, 0.4) is 0 Å². The van der Waals surface area contributed by atoms with Crippen molar-refractivity contribution in [1.29, 1.82) is 0 Å². The molecular formula is C38H58O10. The maximum absolute atomic E-state index is 13.3. The van der Waals surface area contributed by atoms with E-state index in [2.05, 4.69) is 0 Å². The van der Waals surface area contributed by atoms with Gasteiger partial charge in [0, 0.05) is 54.2 Å². The number of aliphatic hydroxyl groups excluding tert-OH is 2. The topological polar surface area (TPSA) is 160 Å². The highest BCUT2D eigenvalue weighted by atomic mass is 16.6. The number of ether oxygens (including phenoxy) is 3. The molecule has 10 heteroatoms. The summed E-state index contributed by atoms with van der Waals surface area (Å²) in [6.45, 7) is 18.6. The van der Waals surface area contributed by atoms with Crippen molar-refractivity contribution in [1.82, 2.24) is 0 Å². The second kappa shape index (κ2) is 18.1. The quantitative estimate of drug-likeness (QED) is 0.186. The Kier molecular flexibility index (Phi) is 15.5. The lowest BCUT2D eigenvalue weighted by atomic mass is 9.76. The zero-order chi connectivity index (χ0) is 36.5. The number of hydrogen-bond acceptors (Lipinski definition) is 9. The molecule has 1 saturated heterocycles. The molecule has 0 aromatic heterocycles. The monoisotopic (exact) mass is 674 g/mol. The second-order valence-electron chi connectivity index (χ2n) is 14.4. The highest BCUT2D eigenvalue weighted by Gasteiger charge is 2.52. The van der Waals surface area contributed by atoms with Crippen LogP contribution in [0.5, 0.6) is 0 Å². The van der Waals surface area contributed by atoms with Gasteiger partial charge in [0.15, 0.2) is 5.79 Å². The van der Waals surface area contributed by atoms with Crippen molar-refractivity contribution in [3.05, 3.63) is 59.3 Å². The number of aliphatic hydroxyl groups is 3. The van der Waals surface area contributed by atoms with Crippen molar-refractivity contribution in [2.24, 2.45) is 35.5 Å². The average molecular weight is 675 g/mol. The van der Waals surface area contributed by atoms with Gasteiger partial charge in [-0.25, -0.2) is 14.4 Å². The largest absolute Gasteiger partial charge is 0.478 e. The number of carbonyl (C=O) groups is 3. The van der Waals surface area contributed by atoms with Crippen molar-refractivity contribution >= 4 is 17.9 Å². The van der Waals surface area contributed by atoms with Crippen molar-refractivity contribution in [2.45, 2.75) is 125 Å². The summed E-state index contributed by atoms with van der Waals surface area (Å²) < 4.78 is 17.8. The number of carbonyl (C=O) groups excluding carboxylic acids is 2. The third-order valence-corrected chi connectivity index (χ3v) is 9.78. The molecule has 2 aliphatic heterocycles. The lowest BCUT2D eigenvalue weighted by molar-refractivity contribution is -0.328. The molecule has 0 aliphatic carbocycles. The first-order valence-corrected chi connectivity index (χ1v) is 17.0. The summed E-state index contributed by atoms with van der Waals surface area (Å²) in [6, 6.07) is 0. The Morgan fingerprint density at radius 1 is 1.08 bits per heavy atom. The Morgan fingerprint density at radius 3 is 2.33 bits per heavy atom. The zero-order valence-electron chi connectivity index (χ0n) is 30.3. The van der Waals surface area contributed by atoms with Crippen LogP contribution in [-0.4, -0.2) is 74.6 Å². The minimum atomic E-state index is -1.91. The number of cyclic esters (lactones) is 1. The molecule has 10 nitrogen and oxygen atoms in total. The minimum absolute atomic E-state index is 0.0245. The van der Waals surface area contributed by atoms with Crippen molar-refractivity contribution in [2.75, 3.05) is 0 Å². The van der Waals surface area contributed by atoms with Gasteiger partial charge < -0.3 is 34.6 Å². The van der Waals surface area contributed by atoms with Gasteiger partial charge in [0.05, 0.1) is 18.3 Å². The first-order chi connectivity index (χ1) is 22.3. The maximum atomic E-state index is 13.3. The summed E-state index contributed by atoms with van der Waals surface area (Å²) in [4.78, 5) is 36.6. The van der Waals surface area contributed by atoms with Crippen LogP contribution in [0.4, 0.5) is 0 Å². The Morgan fingerprint density at radius 2 is 1.73 bits per heavy atom. The smallest absolute Gasteiger partial charge is 0.334 e. The maximum Gasteiger partial charge on any atom is 0.334 e. The second-order valence-corrected chi connectivity index (χ2v) is 14.4. The van der Waals surface area contributed by atoms with E-state index in [1.807, 2.05) is 72.8 Å². The normalized spacial score (nSPS) is 37.2. The van der Waals surface area contributed by atoms with Crippen molar-refractivity contribution < 1.29 is 49.0 Å². The Balaban J connectivity index is 2.40. The third-order valence-electron chi connectivity index (χ3n) is 9.78. The molecule has 0 aromatic rings. The predicted octanol–water partition coefficient (Wildman–Crippen LogP) is 5.68. The van der Waals surface area contributed by atoms with Crippen LogP contribution in [0.2, 0.25) is 0 Å². The van der Waals surface area contributed by atoms with Crippen LogP contribution in [0.15, 0.2) is 59.3 Å². The van der Waals surface area contributed by atoms with Crippen LogP contribution >= 0.6 is 0 Å². The molecule has 1 fully saturated rings. The van der Waals surface area contributed by atoms with Crippen molar-refractivity contribution in [3.63, 3.8) is 0 Å². The van der Waals surface area contributed by atoms with E-state index < -0.39 is 66.1 Å². The van der Waals surface area contributed by atoms with Crippen LogP contribution in [-0.2, 0) is 28.6 Å². The number of hydrogen-bond donors (Lipinski definition) is 4. The van der Waals surface area contributed by atoms with Crippen molar-refractivity contribution in [3.8, 4) is 0 Å². The van der Waals surface area contributed by atoms with E-state index in [-0.39, 0.29) is 30.1 Å². The molecule has 48 heavy (non-hydrogen) atoms. The minimum Gasteiger partial charge on any atom is -0.478 e. The molecule has 2 heterocycles. The molecule has 0 bridgehead atoms. The number of esters is 2. The summed E-state index contributed by atoms with van der Waals surface area (Å²) in [5, 5.41) is 43.4. The SMILES string of the molecule is CC1=C\C(C)C(O)C(C)C/C(C)=C/C=C\CC(C(C)C(O)C(C)C2(O)CC(OC(=O)/C=C/C(=O)O)C(C)C(C(C)C)O2)OC(=O)\C(C)=C\1. The lowest BCUT2D eigenvalue weighted by Gasteiger charge is -2.50. The first kappa shape index (κ1) is 41.1. The number of rotatable bonds is 8. The first-order valence-electron chi connectivity index (χ1n) is 17.0. The molecule has 11 atom stereocenters. The highest BCUT2D eigenvalue weighted by molar-refractivity contribution is 5.90. The van der Waals surface area contributed by atoms with E-state index in [1.54, 1.807) is 26.8 Å². The molecule has 2 rings (SSSR count). The highest BCUT2D eigenvalue weighted by Crippen LogP contribution is 2.42. The van der Waals surface area contributed by atoms with Crippen LogP contribution < -0.4 is 0 Å². The van der Waals surface area contributed by atoms with Gasteiger partial charge in [0.2, 0.25) is 0 Å². The summed E-state index contributed by atoms with van der Waals surface area (Å²) >= 11 is 0. The van der Waals surface area contributed by atoms with Gasteiger partial charge in [-0.15, -0.1) is 0 Å². The molecule has 2 aliphatic rings. The van der Waals surface area contributed by atoms with Crippen LogP contribution in [0.25, 0.3) is 0 Å². The van der Waals surface area contributed by atoms with Gasteiger partial charge in [-0.2, -0.15) is 0 Å². The van der Waals surface area contributed by atoms with E-state index in [1.165, 1.54) is 0 Å². The lowest BCUT2D eigenvalue weighted by Crippen LogP contribution is -2.59. The summed E-state index contributed by atoms with van der Waals surface area (Å²) in [7, 11) is 0. The number of carboxylic acid groups (broad SMARTS) is 1. The van der Waals surface area contributed by atoms with Gasteiger partial charge in [-0.3, -0.25) is 0 Å². The van der Waals surface area contributed by atoms with E-state index in [0.717, 1.165) is 17.2 Å². The third kappa shape index (κ3) is 11.5. The standard InChI is InChI=1S/C38H58O10/c1-21(2)36-28(9)31(46-33(41)16-15-32(39)40)20-38(45,48-36)29(10)35(43)27(8)30-14-12-11-13-22(3)17-24(5)34(42)25(6)18-23(4)19-26(7)37(44)47-30/h11-13,15-16,18-19,21,24-25,27-31,34-36,42-43,45H,14,17,20H2,1-10H3,(H,39,40)/b12-11-,16-15+,22-13+,23-18+,26-19+. The fraction of sp³-hybridized carbons (Fsp3) is 0.658. The molecular weight excluding hydrogens is 616 g/mol. The van der Waals surface area contributed by atoms with Crippen LogP contribution in [0, 0.1) is 35.5 Å². The summed E-state index contributed by atoms with van der Waals surface area (Å²) in [5.74, 6) is -6.67.